The maximum absolute atomic E-state index is 13.1. The van der Waals surface area contributed by atoms with E-state index < -0.39 is 26.0 Å². The van der Waals surface area contributed by atoms with Gasteiger partial charge in [0.05, 0.1) is 15.7 Å². The zero-order valence-corrected chi connectivity index (χ0v) is 20.8. The topological polar surface area (TPSA) is 133 Å². The van der Waals surface area contributed by atoms with Crippen LogP contribution in [-0.4, -0.2) is 64.4 Å². The lowest BCUT2D eigenvalue weighted by Crippen LogP contribution is -2.43. The quantitative estimate of drug-likeness (QED) is 0.587. The van der Waals surface area contributed by atoms with E-state index in [0.29, 0.717) is 24.2 Å². The molecule has 10 nitrogen and oxygen atoms in total. The maximum Gasteiger partial charge on any atom is 0.243 e. The van der Waals surface area contributed by atoms with E-state index in [-0.39, 0.29) is 34.7 Å². The van der Waals surface area contributed by atoms with Crippen molar-refractivity contribution in [3.8, 4) is 0 Å². The first-order chi connectivity index (χ1) is 15.9. The normalized spacial score (nSPS) is 17.4. The summed E-state index contributed by atoms with van der Waals surface area (Å²) in [7, 11) is -4.77. The van der Waals surface area contributed by atoms with Crippen LogP contribution in [0.5, 0.6) is 0 Å². The lowest BCUT2D eigenvalue weighted by atomic mass is 9.98. The molecule has 1 saturated heterocycles. The van der Waals surface area contributed by atoms with Crippen LogP contribution in [-0.2, 0) is 29.6 Å². The Morgan fingerprint density at radius 3 is 1.94 bits per heavy atom. The maximum atomic E-state index is 13.1. The highest BCUT2D eigenvalue weighted by Crippen LogP contribution is 2.26. The van der Waals surface area contributed by atoms with Gasteiger partial charge in [0, 0.05) is 45.5 Å². The monoisotopic (exact) mass is 508 g/mol. The number of hydrogen-bond acceptors (Lipinski definition) is 6. The molecule has 1 fully saturated rings. The molecule has 34 heavy (non-hydrogen) atoms. The zero-order valence-electron chi connectivity index (χ0n) is 19.2. The van der Waals surface area contributed by atoms with E-state index in [0.717, 1.165) is 4.31 Å². The van der Waals surface area contributed by atoms with Crippen LogP contribution >= 0.6 is 0 Å². The predicted molar refractivity (Wildman–Crippen MR) is 128 cm³/mol. The minimum absolute atomic E-state index is 0.00290. The molecule has 0 bridgehead atoms. The third kappa shape index (κ3) is 5.81. The molecular formula is C22H28N4O6S2. The van der Waals surface area contributed by atoms with Crippen LogP contribution in [0.15, 0.2) is 58.3 Å². The molecule has 0 aliphatic carbocycles. The van der Waals surface area contributed by atoms with Gasteiger partial charge in [-0.25, -0.2) is 21.1 Å². The van der Waals surface area contributed by atoms with Crippen LogP contribution in [0.3, 0.4) is 0 Å². The summed E-state index contributed by atoms with van der Waals surface area (Å²) in [6.07, 6.45) is 1.06. The molecule has 12 heteroatoms. The predicted octanol–water partition coefficient (Wildman–Crippen LogP) is 1.93. The molecule has 1 heterocycles. The van der Waals surface area contributed by atoms with Crippen LogP contribution in [0.4, 0.5) is 11.4 Å². The van der Waals surface area contributed by atoms with Gasteiger partial charge in [-0.1, -0.05) is 0 Å². The Morgan fingerprint density at radius 1 is 0.882 bits per heavy atom. The summed E-state index contributed by atoms with van der Waals surface area (Å²) < 4.78 is 53.0. The van der Waals surface area contributed by atoms with E-state index >= 15 is 0 Å². The molecule has 2 aromatic rings. The smallest absolute Gasteiger partial charge is 0.243 e. The van der Waals surface area contributed by atoms with Crippen LogP contribution in [0.2, 0.25) is 0 Å². The van der Waals surface area contributed by atoms with Crippen molar-refractivity contribution in [2.24, 2.45) is 5.92 Å². The number of carbonyl (C=O) groups excluding carboxylic acids is 2. The molecular weight excluding hydrogens is 480 g/mol. The third-order valence-electron chi connectivity index (χ3n) is 5.47. The number of hydrogen-bond donors (Lipinski definition) is 2. The lowest BCUT2D eigenvalue weighted by molar-refractivity contribution is -0.121. The van der Waals surface area contributed by atoms with Gasteiger partial charge < -0.3 is 10.6 Å². The van der Waals surface area contributed by atoms with Crippen molar-refractivity contribution in [1.29, 1.82) is 0 Å². The van der Waals surface area contributed by atoms with Crippen molar-refractivity contribution in [2.75, 3.05) is 37.8 Å². The Kier molecular flexibility index (Phi) is 7.76. The van der Waals surface area contributed by atoms with Gasteiger partial charge in [0.1, 0.15) is 0 Å². The summed E-state index contributed by atoms with van der Waals surface area (Å²) in [5.74, 6) is -1.03. The van der Waals surface area contributed by atoms with Gasteiger partial charge in [-0.05, 0) is 61.4 Å². The van der Waals surface area contributed by atoms with Crippen molar-refractivity contribution in [1.82, 2.24) is 8.61 Å². The molecule has 0 spiro atoms. The van der Waals surface area contributed by atoms with Gasteiger partial charge in [-0.2, -0.15) is 4.31 Å². The van der Waals surface area contributed by atoms with Crippen molar-refractivity contribution < 1.29 is 26.4 Å². The summed E-state index contributed by atoms with van der Waals surface area (Å²) in [5, 5.41) is 5.44. The van der Waals surface area contributed by atoms with Crippen molar-refractivity contribution in [3.05, 3.63) is 48.5 Å². The fourth-order valence-corrected chi connectivity index (χ4v) is 6.03. The average Bonchev–Trinajstić information content (AvgIpc) is 2.80. The molecule has 0 aromatic heterocycles. The third-order valence-corrected chi connectivity index (χ3v) is 9.18. The van der Waals surface area contributed by atoms with Gasteiger partial charge in [0.15, 0.2) is 0 Å². The number of nitrogens with one attached hydrogen (secondary N) is 2. The van der Waals surface area contributed by atoms with Crippen LogP contribution in [0.25, 0.3) is 0 Å². The van der Waals surface area contributed by atoms with Crippen LogP contribution in [0, 0.1) is 5.92 Å². The zero-order chi connectivity index (χ0) is 25.1. The molecule has 2 amide bonds. The number of piperidine rings is 1. The fraction of sp³-hybridized carbons (Fsp3) is 0.364. The number of sulfonamides is 2. The average molecular weight is 509 g/mol. The Labute approximate surface area is 200 Å². The summed E-state index contributed by atoms with van der Waals surface area (Å²) in [5.41, 5.74) is 1.14. The second-order valence-electron chi connectivity index (χ2n) is 8.21. The molecule has 0 radical (unpaired) electrons. The van der Waals surface area contributed by atoms with E-state index in [9.17, 15) is 26.4 Å². The molecule has 0 saturated carbocycles. The number of benzene rings is 2. The molecule has 184 valence electrons. The molecule has 0 unspecified atom stereocenters. The van der Waals surface area contributed by atoms with E-state index in [1.54, 1.807) is 24.3 Å². The molecule has 2 aromatic carbocycles. The lowest BCUT2D eigenvalue weighted by Gasteiger charge is -2.31. The second-order valence-corrected chi connectivity index (χ2v) is 12.3. The Hall–Kier alpha value is -2.80. The Balaban J connectivity index is 1.69. The highest BCUT2D eigenvalue weighted by molar-refractivity contribution is 7.89. The molecule has 2 N–H and O–H groups in total. The summed E-state index contributed by atoms with van der Waals surface area (Å²) in [4.78, 5) is 23.9. The first-order valence-corrected chi connectivity index (χ1v) is 13.5. The van der Waals surface area contributed by atoms with E-state index in [2.05, 4.69) is 10.6 Å². The minimum atomic E-state index is -3.90. The van der Waals surface area contributed by atoms with Gasteiger partial charge in [-0.15, -0.1) is 0 Å². The van der Waals surface area contributed by atoms with Gasteiger partial charge in [0.25, 0.3) is 0 Å². The molecule has 1 atom stereocenters. The molecule has 1 aliphatic rings. The number of anilines is 2. The fourth-order valence-electron chi connectivity index (χ4n) is 3.60. The number of rotatable bonds is 7. The SMILES string of the molecule is CC(=O)Nc1ccc(NC(=O)[C@@H]2CCCN(S(=O)(=O)c3ccc(S(=O)(=O)N(C)C)cc3)C2)cc1. The Morgan fingerprint density at radius 2 is 1.41 bits per heavy atom. The second kappa shape index (κ2) is 10.2. The van der Waals surface area contributed by atoms with Crippen LogP contribution in [0.1, 0.15) is 19.8 Å². The standard InChI is InChI=1S/C22H28N4O6S2/c1-16(27)23-18-6-8-19(9-7-18)24-22(28)17-5-4-14-26(15-17)34(31,32)21-12-10-20(11-13-21)33(29,30)25(2)3/h6-13,17H,4-5,14-15H2,1-3H3,(H,23,27)(H,24,28)/t17-/m1/s1. The first kappa shape index (κ1) is 25.8. The highest BCUT2D eigenvalue weighted by Gasteiger charge is 2.33. The number of nitrogens with zero attached hydrogens (tertiary/aromatic N) is 2. The van der Waals surface area contributed by atoms with Crippen molar-refractivity contribution >= 4 is 43.2 Å². The van der Waals surface area contributed by atoms with Crippen molar-refractivity contribution in [3.63, 3.8) is 0 Å². The van der Waals surface area contributed by atoms with Gasteiger partial charge >= 0.3 is 0 Å². The highest BCUT2D eigenvalue weighted by atomic mass is 32.2. The van der Waals surface area contributed by atoms with E-state index in [1.165, 1.54) is 49.6 Å². The largest absolute Gasteiger partial charge is 0.326 e. The first-order valence-electron chi connectivity index (χ1n) is 10.6. The summed E-state index contributed by atoms with van der Waals surface area (Å²) >= 11 is 0. The van der Waals surface area contributed by atoms with Crippen molar-refractivity contribution in [2.45, 2.75) is 29.6 Å². The minimum Gasteiger partial charge on any atom is -0.326 e. The molecule has 1 aliphatic heterocycles. The van der Waals surface area contributed by atoms with Crippen LogP contribution < -0.4 is 10.6 Å². The Bertz CT molecular complexity index is 1260. The van der Waals surface area contributed by atoms with E-state index in [4.69, 9.17) is 0 Å². The van der Waals surface area contributed by atoms with E-state index in [1.807, 2.05) is 0 Å². The number of amides is 2. The van der Waals surface area contributed by atoms with Gasteiger partial charge in [0.2, 0.25) is 31.9 Å². The van der Waals surface area contributed by atoms with Gasteiger partial charge in [-0.3, -0.25) is 9.59 Å². The summed E-state index contributed by atoms with van der Waals surface area (Å²) in [6, 6.07) is 11.7. The summed E-state index contributed by atoms with van der Waals surface area (Å²) in [6.45, 7) is 1.70. The number of carbonyl (C=O) groups is 2. The molecule has 3 rings (SSSR count).